The van der Waals surface area contributed by atoms with E-state index in [-0.39, 0.29) is 5.54 Å². The fraction of sp³-hybridized carbons (Fsp3) is 0.600. The van der Waals surface area contributed by atoms with E-state index in [4.69, 9.17) is 0 Å². The first kappa shape index (κ1) is 15.2. The van der Waals surface area contributed by atoms with Crippen LogP contribution in [0.5, 0.6) is 0 Å². The zero-order chi connectivity index (χ0) is 16.4. The number of hydrogen-bond acceptors (Lipinski definition) is 2. The van der Waals surface area contributed by atoms with E-state index in [0.717, 1.165) is 19.4 Å². The molecule has 1 aromatic heterocycles. The molecule has 2 aromatic rings. The van der Waals surface area contributed by atoms with Gasteiger partial charge in [0, 0.05) is 47.8 Å². The second kappa shape index (κ2) is 5.09. The third-order valence-corrected chi connectivity index (χ3v) is 5.91. The van der Waals surface area contributed by atoms with Gasteiger partial charge in [0.25, 0.3) is 0 Å². The second-order valence-electron chi connectivity index (χ2n) is 8.54. The summed E-state index contributed by atoms with van der Waals surface area (Å²) in [6, 6.07) is 7.38. The highest BCUT2D eigenvalue weighted by atomic mass is 16.3. The molecule has 0 amide bonds. The summed E-state index contributed by atoms with van der Waals surface area (Å²) in [5.74, 6) is 0.959. The molecule has 4 rings (SSSR count). The van der Waals surface area contributed by atoms with Gasteiger partial charge >= 0.3 is 0 Å². The average Bonchev–Trinajstić information content (AvgIpc) is 2.89. The maximum atomic E-state index is 9.67. The molecule has 1 unspecified atom stereocenters. The fourth-order valence-corrected chi connectivity index (χ4v) is 4.85. The lowest BCUT2D eigenvalue weighted by molar-refractivity contribution is 0.0771. The van der Waals surface area contributed by atoms with Crippen molar-refractivity contribution in [3.63, 3.8) is 0 Å². The number of nitrogens with zero attached hydrogens (tertiary/aromatic N) is 2. The van der Waals surface area contributed by atoms with Gasteiger partial charge in [0.2, 0.25) is 0 Å². The van der Waals surface area contributed by atoms with Crippen LogP contribution in [-0.4, -0.2) is 40.8 Å². The largest absolute Gasteiger partial charge is 0.396 e. The summed E-state index contributed by atoms with van der Waals surface area (Å²) in [6.07, 6.45) is 4.64. The number of rotatable bonds is 1. The summed E-state index contributed by atoms with van der Waals surface area (Å²) in [7, 11) is 2.23. The Balaban J connectivity index is 1.90. The van der Waals surface area contributed by atoms with Gasteiger partial charge in [0.1, 0.15) is 0 Å². The van der Waals surface area contributed by atoms with E-state index in [1.807, 2.05) is 0 Å². The smallest absolute Gasteiger partial charge is 0.0491 e. The van der Waals surface area contributed by atoms with Gasteiger partial charge in [-0.3, -0.25) is 0 Å². The van der Waals surface area contributed by atoms with Crippen LogP contribution >= 0.6 is 0 Å². The second-order valence-corrected chi connectivity index (χ2v) is 8.54. The molecule has 124 valence electrons. The third-order valence-electron chi connectivity index (χ3n) is 5.91. The van der Waals surface area contributed by atoms with E-state index in [2.05, 4.69) is 61.7 Å². The molecule has 2 aliphatic rings. The normalized spacial score (nSPS) is 28.1. The van der Waals surface area contributed by atoms with E-state index in [1.165, 1.54) is 22.0 Å². The first-order chi connectivity index (χ1) is 10.9. The Labute approximate surface area is 138 Å². The van der Waals surface area contributed by atoms with Crippen LogP contribution in [0.15, 0.2) is 24.4 Å². The van der Waals surface area contributed by atoms with Gasteiger partial charge in [-0.1, -0.05) is 12.1 Å². The van der Waals surface area contributed by atoms with Gasteiger partial charge in [0.15, 0.2) is 0 Å². The lowest BCUT2D eigenvalue weighted by Crippen LogP contribution is -2.48. The summed E-state index contributed by atoms with van der Waals surface area (Å²) < 4.78 is 2.45. The number of aromatic nitrogens is 1. The summed E-state index contributed by atoms with van der Waals surface area (Å²) in [5.41, 5.74) is 4.48. The first-order valence-electron chi connectivity index (χ1n) is 8.84. The minimum atomic E-state index is 0.101. The van der Waals surface area contributed by atoms with Crippen LogP contribution in [-0.2, 0) is 12.0 Å². The predicted octanol–water partition coefficient (Wildman–Crippen LogP) is 3.35. The van der Waals surface area contributed by atoms with Crippen LogP contribution < -0.4 is 0 Å². The van der Waals surface area contributed by atoms with Crippen molar-refractivity contribution >= 4 is 10.9 Å². The maximum Gasteiger partial charge on any atom is 0.0491 e. The van der Waals surface area contributed by atoms with Crippen molar-refractivity contribution in [1.29, 1.82) is 0 Å². The van der Waals surface area contributed by atoms with Crippen molar-refractivity contribution in [2.24, 2.45) is 5.92 Å². The molecule has 0 radical (unpaired) electrons. The topological polar surface area (TPSA) is 28.4 Å². The zero-order valence-electron chi connectivity index (χ0n) is 14.7. The molecule has 3 heteroatoms. The minimum Gasteiger partial charge on any atom is -0.396 e. The van der Waals surface area contributed by atoms with Crippen LogP contribution in [0.4, 0.5) is 0 Å². The van der Waals surface area contributed by atoms with Crippen molar-refractivity contribution in [3.8, 4) is 0 Å². The summed E-state index contributed by atoms with van der Waals surface area (Å²) in [6.45, 7) is 8.16. The zero-order valence-corrected chi connectivity index (χ0v) is 14.7. The molecule has 1 aliphatic heterocycles. The molecule has 1 fully saturated rings. The lowest BCUT2D eigenvalue weighted by atomic mass is 9.72. The van der Waals surface area contributed by atoms with Gasteiger partial charge in [-0.2, -0.15) is 0 Å². The van der Waals surface area contributed by atoms with Gasteiger partial charge in [-0.25, -0.2) is 0 Å². The highest BCUT2D eigenvalue weighted by Crippen LogP contribution is 2.45. The SMILES string of the molecule is CN1C[C@H](CO)CC2c3cccc4c3c(cn4C(C)(C)C)C[C@H]21. The summed E-state index contributed by atoms with van der Waals surface area (Å²) in [5, 5.41) is 11.2. The molecule has 3 nitrogen and oxygen atoms in total. The van der Waals surface area contributed by atoms with Crippen molar-refractivity contribution in [2.75, 3.05) is 20.2 Å². The molecule has 0 bridgehead atoms. The molecular weight excluding hydrogens is 284 g/mol. The number of aliphatic hydroxyl groups excluding tert-OH is 1. The van der Waals surface area contributed by atoms with E-state index >= 15 is 0 Å². The van der Waals surface area contributed by atoms with Crippen LogP contribution in [0.3, 0.4) is 0 Å². The number of likely N-dealkylation sites (N-methyl/N-ethyl adjacent to an activating group) is 1. The standard InChI is InChI=1S/C20H28N2O/c1-20(2,3)22-11-14-9-18-16(8-13(12-23)10-21(18)4)15-6-5-7-17(22)19(14)15/h5-7,11,13,16,18,23H,8-10,12H2,1-4H3/t13-,16?,18-/m1/s1. The quantitative estimate of drug-likeness (QED) is 0.875. The van der Waals surface area contributed by atoms with Crippen LogP contribution in [0.2, 0.25) is 0 Å². The molecule has 23 heavy (non-hydrogen) atoms. The van der Waals surface area contributed by atoms with Gasteiger partial charge in [-0.15, -0.1) is 0 Å². The van der Waals surface area contributed by atoms with E-state index in [1.54, 1.807) is 0 Å². The third kappa shape index (κ3) is 2.25. The molecule has 0 spiro atoms. The maximum absolute atomic E-state index is 9.67. The highest BCUT2D eigenvalue weighted by molar-refractivity contribution is 5.89. The number of fused-ring (bicyclic) bond motifs is 2. The van der Waals surface area contributed by atoms with E-state index < -0.39 is 0 Å². The molecular formula is C20H28N2O. The van der Waals surface area contributed by atoms with Crippen molar-refractivity contribution in [1.82, 2.24) is 9.47 Å². The Hall–Kier alpha value is -1.32. The molecule has 1 aliphatic carbocycles. The predicted molar refractivity (Wildman–Crippen MR) is 95.0 cm³/mol. The van der Waals surface area contributed by atoms with Crippen LogP contribution in [0, 0.1) is 5.92 Å². The number of likely N-dealkylation sites (tertiary alicyclic amines) is 1. The minimum absolute atomic E-state index is 0.101. The summed E-state index contributed by atoms with van der Waals surface area (Å²) >= 11 is 0. The number of aliphatic hydroxyl groups is 1. The highest BCUT2D eigenvalue weighted by Gasteiger charge is 2.39. The van der Waals surface area contributed by atoms with Crippen molar-refractivity contribution in [2.45, 2.75) is 51.1 Å². The Kier molecular flexibility index (Phi) is 3.37. The van der Waals surface area contributed by atoms with Crippen LogP contribution in [0.1, 0.15) is 44.2 Å². The number of hydrogen-bond donors (Lipinski definition) is 1. The van der Waals surface area contributed by atoms with Crippen molar-refractivity contribution in [3.05, 3.63) is 35.5 Å². The van der Waals surface area contributed by atoms with Gasteiger partial charge in [-0.05, 0) is 63.8 Å². The Morgan fingerprint density at radius 1 is 1.26 bits per heavy atom. The van der Waals surface area contributed by atoms with Gasteiger partial charge < -0.3 is 14.6 Å². The molecule has 1 N–H and O–H groups in total. The van der Waals surface area contributed by atoms with Gasteiger partial charge in [0.05, 0.1) is 0 Å². The summed E-state index contributed by atoms with van der Waals surface area (Å²) in [4.78, 5) is 2.48. The van der Waals surface area contributed by atoms with Crippen molar-refractivity contribution < 1.29 is 5.11 Å². The molecule has 0 saturated carbocycles. The molecule has 1 aromatic carbocycles. The Bertz CT molecular complexity index is 740. The van der Waals surface area contributed by atoms with E-state index in [0.29, 0.717) is 24.5 Å². The lowest BCUT2D eigenvalue weighted by Gasteiger charge is -2.45. The average molecular weight is 312 g/mol. The molecule has 2 heterocycles. The number of piperidine rings is 1. The number of benzene rings is 1. The fourth-order valence-electron chi connectivity index (χ4n) is 4.85. The first-order valence-corrected chi connectivity index (χ1v) is 8.84. The monoisotopic (exact) mass is 312 g/mol. The van der Waals surface area contributed by atoms with Crippen LogP contribution in [0.25, 0.3) is 10.9 Å². The Morgan fingerprint density at radius 2 is 2.04 bits per heavy atom. The van der Waals surface area contributed by atoms with E-state index in [9.17, 15) is 5.11 Å². The molecule has 3 atom stereocenters. The Morgan fingerprint density at radius 3 is 2.74 bits per heavy atom. The molecule has 1 saturated heterocycles.